The maximum absolute atomic E-state index is 11.5. The molecule has 0 saturated heterocycles. The third-order valence-corrected chi connectivity index (χ3v) is 2.47. The van der Waals surface area contributed by atoms with E-state index in [4.69, 9.17) is 0 Å². The van der Waals surface area contributed by atoms with Crippen LogP contribution in [0.25, 0.3) is 0 Å². The molecule has 5 heteroatoms. The molecule has 0 unspecified atom stereocenters. The van der Waals surface area contributed by atoms with Gasteiger partial charge in [0.15, 0.2) is 0 Å². The summed E-state index contributed by atoms with van der Waals surface area (Å²) in [6.07, 6.45) is 3.19. The first-order chi connectivity index (χ1) is 6.65. The zero-order valence-corrected chi connectivity index (χ0v) is 10.4. The van der Waals surface area contributed by atoms with Gasteiger partial charge >= 0.3 is 0 Å². The molecule has 0 fully saturated rings. The smallest absolute Gasteiger partial charge is 0.271 e. The minimum absolute atomic E-state index is 0.218. The number of carbonyl (C=O) groups excluding carboxylic acids is 1. The normalized spacial score (nSPS) is 9.57. The first-order valence-electron chi connectivity index (χ1n) is 3.85. The molecular formula is C9H8Br2N2O. The van der Waals surface area contributed by atoms with Crippen LogP contribution in [0.3, 0.4) is 0 Å². The number of pyridine rings is 1. The molecule has 1 aromatic heterocycles. The second-order valence-corrected chi connectivity index (χ2v) is 4.25. The lowest BCUT2D eigenvalue weighted by atomic mass is 10.3. The fourth-order valence-electron chi connectivity index (χ4n) is 0.830. The van der Waals surface area contributed by atoms with Gasteiger partial charge < -0.3 is 5.32 Å². The van der Waals surface area contributed by atoms with E-state index in [1.54, 1.807) is 18.3 Å². The van der Waals surface area contributed by atoms with Gasteiger partial charge in [-0.25, -0.2) is 4.98 Å². The van der Waals surface area contributed by atoms with Gasteiger partial charge in [0.25, 0.3) is 5.91 Å². The molecule has 3 nitrogen and oxygen atoms in total. The second kappa shape index (κ2) is 5.26. The Balaban J connectivity index is 2.84. The first kappa shape index (κ1) is 11.4. The van der Waals surface area contributed by atoms with Gasteiger partial charge in [0.05, 0.1) is 4.47 Å². The van der Waals surface area contributed by atoms with E-state index in [2.05, 4.69) is 48.7 Å². The van der Waals surface area contributed by atoms with Crippen LogP contribution >= 0.6 is 31.9 Å². The average molecular weight is 320 g/mol. The van der Waals surface area contributed by atoms with Crippen molar-refractivity contribution in [3.05, 3.63) is 39.6 Å². The average Bonchev–Trinajstić information content (AvgIpc) is 2.14. The Morgan fingerprint density at radius 3 is 2.93 bits per heavy atom. The molecule has 1 amide bonds. The van der Waals surface area contributed by atoms with Gasteiger partial charge in [-0.15, -0.1) is 6.58 Å². The summed E-state index contributed by atoms with van der Waals surface area (Å²) in [5.41, 5.74) is 0.370. The Bertz CT molecular complexity index is 366. The third-order valence-electron chi connectivity index (χ3n) is 1.43. The number of rotatable bonds is 3. The maximum atomic E-state index is 11.5. The van der Waals surface area contributed by atoms with Gasteiger partial charge in [0.2, 0.25) is 0 Å². The third kappa shape index (κ3) is 2.92. The van der Waals surface area contributed by atoms with Crippen molar-refractivity contribution in [1.29, 1.82) is 0 Å². The molecule has 0 aliphatic carbocycles. The minimum Gasteiger partial charge on any atom is -0.347 e. The summed E-state index contributed by atoms with van der Waals surface area (Å²) < 4.78 is 1.48. The Kier molecular flexibility index (Phi) is 4.28. The standard InChI is InChI=1S/C9H8Br2N2O/c1-2-3-12-9(14)8-7(11)4-6(10)5-13-8/h2,4-5H,1,3H2,(H,12,14). The molecule has 0 spiro atoms. The first-order valence-corrected chi connectivity index (χ1v) is 5.44. The van der Waals surface area contributed by atoms with Crippen molar-refractivity contribution in [3.8, 4) is 0 Å². The van der Waals surface area contributed by atoms with Gasteiger partial charge in [0.1, 0.15) is 5.69 Å². The lowest BCUT2D eigenvalue weighted by Gasteiger charge is -2.03. The number of aromatic nitrogens is 1. The molecule has 0 aliphatic rings. The number of hydrogen-bond acceptors (Lipinski definition) is 2. The van der Waals surface area contributed by atoms with Crippen molar-refractivity contribution >= 4 is 37.8 Å². The number of nitrogens with zero attached hydrogens (tertiary/aromatic N) is 1. The summed E-state index contributed by atoms with van der Waals surface area (Å²) in [4.78, 5) is 15.5. The maximum Gasteiger partial charge on any atom is 0.271 e. The lowest BCUT2D eigenvalue weighted by Crippen LogP contribution is -2.24. The van der Waals surface area contributed by atoms with Crippen LogP contribution in [-0.4, -0.2) is 17.4 Å². The Morgan fingerprint density at radius 2 is 2.36 bits per heavy atom. The second-order valence-electron chi connectivity index (χ2n) is 2.48. The number of halogens is 2. The fraction of sp³-hybridized carbons (Fsp3) is 0.111. The minimum atomic E-state index is -0.218. The SMILES string of the molecule is C=CCNC(=O)c1ncc(Br)cc1Br. The van der Waals surface area contributed by atoms with E-state index in [1.165, 1.54) is 0 Å². The van der Waals surface area contributed by atoms with Crippen LogP contribution in [-0.2, 0) is 0 Å². The lowest BCUT2D eigenvalue weighted by molar-refractivity contribution is 0.0952. The molecule has 0 bridgehead atoms. The van der Waals surface area contributed by atoms with Gasteiger partial charge in [0, 0.05) is 17.2 Å². The van der Waals surface area contributed by atoms with Gasteiger partial charge in [-0.2, -0.15) is 0 Å². The number of nitrogens with one attached hydrogen (secondary N) is 1. The molecule has 1 aromatic rings. The van der Waals surface area contributed by atoms with E-state index in [0.29, 0.717) is 16.7 Å². The molecule has 0 atom stereocenters. The van der Waals surface area contributed by atoms with Gasteiger partial charge in [-0.3, -0.25) is 4.79 Å². The van der Waals surface area contributed by atoms with Crippen molar-refractivity contribution in [1.82, 2.24) is 10.3 Å². The van der Waals surface area contributed by atoms with E-state index >= 15 is 0 Å². The predicted octanol–water partition coefficient (Wildman–Crippen LogP) is 2.52. The van der Waals surface area contributed by atoms with E-state index in [1.807, 2.05) is 0 Å². The number of hydrogen-bond donors (Lipinski definition) is 1. The molecule has 14 heavy (non-hydrogen) atoms. The Hall–Kier alpha value is -0.680. The zero-order chi connectivity index (χ0) is 10.6. The molecule has 0 aliphatic heterocycles. The Labute approximate surface area is 98.9 Å². The van der Waals surface area contributed by atoms with Crippen molar-refractivity contribution in [2.24, 2.45) is 0 Å². The predicted molar refractivity (Wildman–Crippen MR) is 62.2 cm³/mol. The molecule has 0 aromatic carbocycles. The van der Waals surface area contributed by atoms with Crippen LogP contribution in [0.5, 0.6) is 0 Å². The monoisotopic (exact) mass is 318 g/mol. The van der Waals surface area contributed by atoms with Crippen LogP contribution in [0.2, 0.25) is 0 Å². The van der Waals surface area contributed by atoms with Gasteiger partial charge in [-0.05, 0) is 37.9 Å². The van der Waals surface area contributed by atoms with Crippen molar-refractivity contribution in [2.45, 2.75) is 0 Å². The molecule has 74 valence electrons. The molecule has 0 saturated carbocycles. The summed E-state index contributed by atoms with van der Waals surface area (Å²) in [5, 5.41) is 2.64. The summed E-state index contributed by atoms with van der Waals surface area (Å²) in [6, 6.07) is 1.77. The quantitative estimate of drug-likeness (QED) is 0.870. The largest absolute Gasteiger partial charge is 0.347 e. The number of amides is 1. The molecule has 1 N–H and O–H groups in total. The van der Waals surface area contributed by atoms with Crippen molar-refractivity contribution < 1.29 is 4.79 Å². The van der Waals surface area contributed by atoms with Crippen LogP contribution in [0.1, 0.15) is 10.5 Å². The topological polar surface area (TPSA) is 42.0 Å². The summed E-state index contributed by atoms with van der Waals surface area (Å²) >= 11 is 6.52. The summed E-state index contributed by atoms with van der Waals surface area (Å²) in [5.74, 6) is -0.218. The van der Waals surface area contributed by atoms with Crippen molar-refractivity contribution in [3.63, 3.8) is 0 Å². The van der Waals surface area contributed by atoms with Crippen LogP contribution in [0.4, 0.5) is 0 Å². The van der Waals surface area contributed by atoms with E-state index in [0.717, 1.165) is 4.47 Å². The highest BCUT2D eigenvalue weighted by molar-refractivity contribution is 9.11. The summed E-state index contributed by atoms with van der Waals surface area (Å²) in [7, 11) is 0. The highest BCUT2D eigenvalue weighted by Crippen LogP contribution is 2.19. The highest BCUT2D eigenvalue weighted by atomic mass is 79.9. The highest BCUT2D eigenvalue weighted by Gasteiger charge is 2.10. The van der Waals surface area contributed by atoms with E-state index in [9.17, 15) is 4.79 Å². The number of carbonyl (C=O) groups is 1. The van der Waals surface area contributed by atoms with Gasteiger partial charge in [-0.1, -0.05) is 6.08 Å². The molecule has 1 heterocycles. The van der Waals surface area contributed by atoms with E-state index < -0.39 is 0 Å². The van der Waals surface area contributed by atoms with E-state index in [-0.39, 0.29) is 5.91 Å². The van der Waals surface area contributed by atoms with Crippen molar-refractivity contribution in [2.75, 3.05) is 6.54 Å². The van der Waals surface area contributed by atoms with Crippen LogP contribution < -0.4 is 5.32 Å². The van der Waals surface area contributed by atoms with Crippen LogP contribution in [0, 0.1) is 0 Å². The molecular weight excluding hydrogens is 312 g/mol. The Morgan fingerprint density at radius 1 is 1.64 bits per heavy atom. The molecule has 0 radical (unpaired) electrons. The molecule has 1 rings (SSSR count). The zero-order valence-electron chi connectivity index (χ0n) is 7.26. The fourth-order valence-corrected chi connectivity index (χ4v) is 2.00. The summed E-state index contributed by atoms with van der Waals surface area (Å²) in [6.45, 7) is 3.94. The van der Waals surface area contributed by atoms with Crippen LogP contribution in [0.15, 0.2) is 33.9 Å².